The number of piperidine rings is 1. The lowest BCUT2D eigenvalue weighted by Gasteiger charge is -2.30. The Kier molecular flexibility index (Phi) is 4.55. The molecular weight excluding hydrogens is 212 g/mol. The average Bonchev–Trinajstić information content (AvgIpc) is 2.15. The van der Waals surface area contributed by atoms with Crippen LogP contribution in [0.3, 0.4) is 0 Å². The number of hydrogen-bond acceptors (Lipinski definition) is 4. The highest BCUT2D eigenvalue weighted by molar-refractivity contribution is 7.92. The second-order valence-corrected chi connectivity index (χ2v) is 7.30. The van der Waals surface area contributed by atoms with Gasteiger partial charge < -0.3 is 10.6 Å². The van der Waals surface area contributed by atoms with Crippen molar-refractivity contribution in [1.29, 1.82) is 0 Å². The number of likely N-dealkylation sites (tertiary alicyclic amines) is 1. The molecule has 0 amide bonds. The van der Waals surface area contributed by atoms with Crippen LogP contribution in [0.2, 0.25) is 0 Å². The summed E-state index contributed by atoms with van der Waals surface area (Å²) in [6.45, 7) is 5.93. The summed E-state index contributed by atoms with van der Waals surface area (Å²) in [4.78, 5) is 2.16. The van der Waals surface area contributed by atoms with Crippen molar-refractivity contribution in [3.8, 4) is 0 Å². The Morgan fingerprint density at radius 3 is 2.67 bits per heavy atom. The van der Waals surface area contributed by atoms with Crippen LogP contribution < -0.4 is 5.73 Å². The highest BCUT2D eigenvalue weighted by atomic mass is 32.2. The Morgan fingerprint density at radius 2 is 2.13 bits per heavy atom. The molecule has 1 rings (SSSR count). The minimum atomic E-state index is -2.90. The van der Waals surface area contributed by atoms with Crippen LogP contribution in [0, 0.1) is 0 Å². The van der Waals surface area contributed by atoms with E-state index in [1.807, 2.05) is 0 Å². The van der Waals surface area contributed by atoms with Gasteiger partial charge >= 0.3 is 0 Å². The lowest BCUT2D eigenvalue weighted by Crippen LogP contribution is -2.44. The normalized spacial score (nSPS) is 24.7. The van der Waals surface area contributed by atoms with Crippen molar-refractivity contribution in [2.75, 3.05) is 25.4 Å². The summed E-state index contributed by atoms with van der Waals surface area (Å²) < 4.78 is 23.2. The first-order chi connectivity index (χ1) is 6.92. The van der Waals surface area contributed by atoms with Crippen LogP contribution in [-0.4, -0.2) is 50.0 Å². The summed E-state index contributed by atoms with van der Waals surface area (Å²) in [7, 11) is -2.90. The zero-order chi connectivity index (χ0) is 11.5. The first kappa shape index (κ1) is 12.9. The van der Waals surface area contributed by atoms with Crippen molar-refractivity contribution < 1.29 is 8.42 Å². The molecule has 1 atom stereocenters. The third-order valence-corrected chi connectivity index (χ3v) is 5.14. The van der Waals surface area contributed by atoms with E-state index in [-0.39, 0.29) is 17.0 Å². The van der Waals surface area contributed by atoms with Crippen molar-refractivity contribution in [3.63, 3.8) is 0 Å². The molecule has 15 heavy (non-hydrogen) atoms. The molecule has 1 fully saturated rings. The van der Waals surface area contributed by atoms with E-state index in [4.69, 9.17) is 5.73 Å². The fourth-order valence-electron chi connectivity index (χ4n) is 1.79. The van der Waals surface area contributed by atoms with Gasteiger partial charge in [-0.2, -0.15) is 0 Å². The van der Waals surface area contributed by atoms with Gasteiger partial charge in [0, 0.05) is 19.1 Å². The highest BCUT2D eigenvalue weighted by Gasteiger charge is 2.20. The maximum absolute atomic E-state index is 11.6. The fourth-order valence-corrected chi connectivity index (χ4v) is 2.77. The molecule has 4 nitrogen and oxygen atoms in total. The van der Waals surface area contributed by atoms with Crippen LogP contribution in [0.25, 0.3) is 0 Å². The minimum Gasteiger partial charge on any atom is -0.327 e. The van der Waals surface area contributed by atoms with Crippen LogP contribution in [0.4, 0.5) is 0 Å². The second-order valence-electron chi connectivity index (χ2n) is 4.62. The molecule has 0 aromatic carbocycles. The summed E-state index contributed by atoms with van der Waals surface area (Å²) in [5, 5.41) is -0.268. The van der Waals surface area contributed by atoms with Crippen molar-refractivity contribution >= 4 is 9.84 Å². The first-order valence-electron chi connectivity index (χ1n) is 5.61. The zero-order valence-electron chi connectivity index (χ0n) is 9.65. The van der Waals surface area contributed by atoms with Crippen LogP contribution in [0.15, 0.2) is 0 Å². The average molecular weight is 234 g/mol. The molecule has 2 N–H and O–H groups in total. The van der Waals surface area contributed by atoms with Gasteiger partial charge in [-0.1, -0.05) is 0 Å². The predicted molar refractivity (Wildman–Crippen MR) is 62.6 cm³/mol. The van der Waals surface area contributed by atoms with Crippen molar-refractivity contribution in [2.45, 2.75) is 38.0 Å². The summed E-state index contributed by atoms with van der Waals surface area (Å²) >= 11 is 0. The smallest absolute Gasteiger partial charge is 0.153 e. The van der Waals surface area contributed by atoms with E-state index in [0.717, 1.165) is 25.9 Å². The summed E-state index contributed by atoms with van der Waals surface area (Å²) in [6, 6.07) is 0.223. The number of sulfone groups is 1. The molecule has 0 aliphatic carbocycles. The predicted octanol–water partition coefficient (Wildman–Crippen LogP) is 0.233. The van der Waals surface area contributed by atoms with E-state index in [9.17, 15) is 8.42 Å². The van der Waals surface area contributed by atoms with E-state index in [0.29, 0.717) is 6.54 Å². The van der Waals surface area contributed by atoms with E-state index >= 15 is 0 Å². The number of hydrogen-bond donors (Lipinski definition) is 1. The number of nitrogens with two attached hydrogens (primary N) is 1. The number of rotatable bonds is 4. The van der Waals surface area contributed by atoms with Crippen molar-refractivity contribution in [2.24, 2.45) is 5.73 Å². The summed E-state index contributed by atoms with van der Waals surface area (Å²) in [6.07, 6.45) is 2.15. The maximum Gasteiger partial charge on any atom is 0.153 e. The van der Waals surface area contributed by atoms with Gasteiger partial charge in [0.1, 0.15) is 0 Å². The van der Waals surface area contributed by atoms with Crippen molar-refractivity contribution in [3.05, 3.63) is 0 Å². The SMILES string of the molecule is CC(C)S(=O)(=O)CCN1CCCC(N)C1. The van der Waals surface area contributed by atoms with Gasteiger partial charge in [0.25, 0.3) is 0 Å². The molecule has 90 valence electrons. The Balaban J connectivity index is 2.37. The Labute approximate surface area is 92.7 Å². The third-order valence-electron chi connectivity index (χ3n) is 2.95. The molecule has 0 aromatic rings. The third kappa shape index (κ3) is 4.09. The van der Waals surface area contributed by atoms with Crippen molar-refractivity contribution in [1.82, 2.24) is 4.90 Å². The molecule has 1 unspecified atom stereocenters. The molecule has 0 spiro atoms. The summed E-state index contributed by atoms with van der Waals surface area (Å²) in [5.41, 5.74) is 5.83. The van der Waals surface area contributed by atoms with Gasteiger partial charge in [0.15, 0.2) is 9.84 Å². The van der Waals surface area contributed by atoms with Gasteiger partial charge in [-0.25, -0.2) is 8.42 Å². The van der Waals surface area contributed by atoms with Gasteiger partial charge in [-0.3, -0.25) is 0 Å². The molecule has 1 aliphatic rings. The zero-order valence-corrected chi connectivity index (χ0v) is 10.5. The van der Waals surface area contributed by atoms with Gasteiger partial charge in [0.05, 0.1) is 11.0 Å². The van der Waals surface area contributed by atoms with E-state index in [1.165, 1.54) is 0 Å². The molecule has 0 saturated carbocycles. The Bertz CT molecular complexity index is 288. The van der Waals surface area contributed by atoms with Gasteiger partial charge in [-0.15, -0.1) is 0 Å². The molecule has 1 saturated heterocycles. The Hall–Kier alpha value is -0.130. The molecular formula is C10H22N2O2S. The van der Waals surface area contributed by atoms with Crippen LogP contribution >= 0.6 is 0 Å². The fraction of sp³-hybridized carbons (Fsp3) is 1.00. The molecule has 1 heterocycles. The lowest BCUT2D eigenvalue weighted by atomic mass is 10.1. The number of nitrogens with zero attached hydrogens (tertiary/aromatic N) is 1. The first-order valence-corrected chi connectivity index (χ1v) is 7.33. The maximum atomic E-state index is 11.6. The highest BCUT2D eigenvalue weighted by Crippen LogP contribution is 2.09. The van der Waals surface area contributed by atoms with Crippen LogP contribution in [0.5, 0.6) is 0 Å². The summed E-state index contributed by atoms with van der Waals surface area (Å²) in [5.74, 6) is 0.261. The largest absolute Gasteiger partial charge is 0.327 e. The molecule has 0 radical (unpaired) electrons. The minimum absolute atomic E-state index is 0.223. The standard InChI is InChI=1S/C10H22N2O2S/c1-9(2)15(13,14)7-6-12-5-3-4-10(11)8-12/h9-10H,3-8,11H2,1-2H3. The topological polar surface area (TPSA) is 63.4 Å². The van der Waals surface area contributed by atoms with E-state index in [1.54, 1.807) is 13.8 Å². The van der Waals surface area contributed by atoms with Crippen LogP contribution in [-0.2, 0) is 9.84 Å². The van der Waals surface area contributed by atoms with Gasteiger partial charge in [0.2, 0.25) is 0 Å². The van der Waals surface area contributed by atoms with E-state index in [2.05, 4.69) is 4.90 Å². The Morgan fingerprint density at radius 1 is 1.47 bits per heavy atom. The lowest BCUT2D eigenvalue weighted by molar-refractivity contribution is 0.220. The van der Waals surface area contributed by atoms with Gasteiger partial charge in [-0.05, 0) is 33.2 Å². The quantitative estimate of drug-likeness (QED) is 0.756. The second kappa shape index (κ2) is 5.27. The van der Waals surface area contributed by atoms with Crippen LogP contribution in [0.1, 0.15) is 26.7 Å². The molecule has 1 aliphatic heterocycles. The molecule has 0 bridgehead atoms. The van der Waals surface area contributed by atoms with E-state index < -0.39 is 9.84 Å². The molecule has 5 heteroatoms. The molecule has 0 aromatic heterocycles. The monoisotopic (exact) mass is 234 g/mol.